The molecule has 1 aliphatic carbocycles. The fraction of sp³-hybridized carbons (Fsp3) is 0.267. The second-order valence-electron chi connectivity index (χ2n) is 4.93. The number of hydrogen-bond acceptors (Lipinski definition) is 2. The average molecular weight is 311 g/mol. The Bertz CT molecular complexity index is 663. The molecule has 1 heterocycles. The van der Waals surface area contributed by atoms with E-state index in [1.54, 1.807) is 0 Å². The van der Waals surface area contributed by atoms with Gasteiger partial charge >= 0.3 is 12.1 Å². The first-order chi connectivity index (χ1) is 9.95. The zero-order valence-electron chi connectivity index (χ0n) is 10.9. The molecule has 110 valence electrons. The van der Waals surface area contributed by atoms with Gasteiger partial charge < -0.3 is 5.32 Å². The van der Waals surface area contributed by atoms with Crippen LogP contribution >= 0.6 is 11.3 Å². The molecule has 1 unspecified atom stereocenters. The van der Waals surface area contributed by atoms with Crippen LogP contribution in [0.15, 0.2) is 36.4 Å². The highest BCUT2D eigenvalue weighted by atomic mass is 32.1. The number of aryl methyl sites for hydroxylation is 1. The number of alkyl halides is 3. The summed E-state index contributed by atoms with van der Waals surface area (Å²) in [6.45, 7) is 0. The summed E-state index contributed by atoms with van der Waals surface area (Å²) in [4.78, 5) is 12.9. The molecule has 0 saturated heterocycles. The number of hydrogen-bond donors (Lipinski definition) is 1. The summed E-state index contributed by atoms with van der Waals surface area (Å²) in [5.41, 5.74) is 2.07. The van der Waals surface area contributed by atoms with E-state index in [1.165, 1.54) is 11.3 Å². The summed E-state index contributed by atoms with van der Waals surface area (Å²) in [7, 11) is 0. The Hall–Kier alpha value is -1.82. The second-order valence-corrected chi connectivity index (χ2v) is 6.01. The minimum atomic E-state index is -4.83. The summed E-state index contributed by atoms with van der Waals surface area (Å²) in [5, 5.41) is 2.09. The summed E-state index contributed by atoms with van der Waals surface area (Å²) < 4.78 is 37.0. The van der Waals surface area contributed by atoms with Crippen LogP contribution in [-0.4, -0.2) is 12.1 Å². The Morgan fingerprint density at radius 1 is 1.24 bits per heavy atom. The van der Waals surface area contributed by atoms with Crippen molar-refractivity contribution in [3.63, 3.8) is 0 Å². The normalized spacial score (nSPS) is 17.6. The first kappa shape index (κ1) is 14.1. The lowest BCUT2D eigenvalue weighted by Crippen LogP contribution is -2.38. The van der Waals surface area contributed by atoms with Gasteiger partial charge in [-0.3, -0.25) is 4.79 Å². The molecular formula is C15H12F3NOS. The van der Waals surface area contributed by atoms with Crippen LogP contribution in [0.4, 0.5) is 13.2 Å². The van der Waals surface area contributed by atoms with E-state index in [2.05, 4.69) is 5.32 Å². The fourth-order valence-corrected chi connectivity index (χ4v) is 3.79. The van der Waals surface area contributed by atoms with Gasteiger partial charge in [0.2, 0.25) is 0 Å². The van der Waals surface area contributed by atoms with Crippen molar-refractivity contribution >= 4 is 17.2 Å². The summed E-state index contributed by atoms with van der Waals surface area (Å²) >= 11 is 1.45. The number of thiophene rings is 1. The number of halogens is 3. The molecule has 1 amide bonds. The van der Waals surface area contributed by atoms with Gasteiger partial charge in [0.05, 0.1) is 6.04 Å². The van der Waals surface area contributed by atoms with Crippen molar-refractivity contribution in [2.45, 2.75) is 25.1 Å². The molecule has 0 spiro atoms. The van der Waals surface area contributed by atoms with Crippen molar-refractivity contribution in [3.05, 3.63) is 46.8 Å². The molecule has 6 heteroatoms. The third kappa shape index (κ3) is 2.81. The number of carbonyl (C=O) groups is 1. The van der Waals surface area contributed by atoms with Crippen LogP contribution in [0.25, 0.3) is 10.4 Å². The first-order valence-corrected chi connectivity index (χ1v) is 7.32. The number of nitrogens with one attached hydrogen (secondary N) is 1. The Morgan fingerprint density at radius 2 is 1.95 bits per heavy atom. The largest absolute Gasteiger partial charge is 0.471 e. The molecule has 0 aliphatic heterocycles. The van der Waals surface area contributed by atoms with E-state index in [0.717, 1.165) is 20.9 Å². The minimum absolute atomic E-state index is 0.526. The van der Waals surface area contributed by atoms with Gasteiger partial charge in [-0.25, -0.2) is 0 Å². The van der Waals surface area contributed by atoms with E-state index in [0.29, 0.717) is 12.8 Å². The maximum absolute atomic E-state index is 12.3. The highest BCUT2D eigenvalue weighted by Crippen LogP contribution is 2.41. The Labute approximate surface area is 123 Å². The third-order valence-electron chi connectivity index (χ3n) is 3.48. The Balaban J connectivity index is 1.83. The van der Waals surface area contributed by atoms with Crippen molar-refractivity contribution in [1.29, 1.82) is 0 Å². The van der Waals surface area contributed by atoms with Gasteiger partial charge in [0.1, 0.15) is 0 Å². The molecular weight excluding hydrogens is 299 g/mol. The molecule has 0 radical (unpaired) electrons. The lowest BCUT2D eigenvalue weighted by atomic mass is 10.1. The number of fused-ring (bicyclic) bond motifs is 1. The predicted octanol–water partition coefficient (Wildman–Crippen LogP) is 4.08. The van der Waals surface area contributed by atoms with Gasteiger partial charge in [-0.1, -0.05) is 30.3 Å². The van der Waals surface area contributed by atoms with E-state index in [9.17, 15) is 18.0 Å². The Kier molecular flexibility index (Phi) is 3.49. The number of benzene rings is 1. The lowest BCUT2D eigenvalue weighted by Gasteiger charge is -2.14. The first-order valence-electron chi connectivity index (χ1n) is 6.51. The molecule has 0 saturated carbocycles. The van der Waals surface area contributed by atoms with Gasteiger partial charge in [0, 0.05) is 9.75 Å². The highest BCUT2D eigenvalue weighted by Gasteiger charge is 2.41. The van der Waals surface area contributed by atoms with Crippen molar-refractivity contribution in [3.8, 4) is 10.4 Å². The summed E-state index contributed by atoms with van der Waals surface area (Å²) in [6.07, 6.45) is -3.61. The summed E-state index contributed by atoms with van der Waals surface area (Å²) in [6, 6.07) is 11.2. The second kappa shape index (κ2) is 5.18. The maximum atomic E-state index is 12.3. The van der Waals surface area contributed by atoms with Crippen molar-refractivity contribution in [2.75, 3.05) is 0 Å². The molecule has 2 nitrogen and oxygen atoms in total. The van der Waals surface area contributed by atoms with Crippen LogP contribution in [0, 0.1) is 0 Å². The van der Waals surface area contributed by atoms with Crippen molar-refractivity contribution in [2.24, 2.45) is 0 Å². The van der Waals surface area contributed by atoms with E-state index in [1.807, 2.05) is 36.4 Å². The molecule has 1 aromatic heterocycles. The fourth-order valence-electron chi connectivity index (χ4n) is 2.49. The smallest absolute Gasteiger partial charge is 0.341 e. The van der Waals surface area contributed by atoms with Gasteiger partial charge in [0.15, 0.2) is 0 Å². The topological polar surface area (TPSA) is 29.1 Å². The van der Waals surface area contributed by atoms with Crippen molar-refractivity contribution < 1.29 is 18.0 Å². The quantitative estimate of drug-likeness (QED) is 0.889. The van der Waals surface area contributed by atoms with E-state index in [4.69, 9.17) is 0 Å². The summed E-state index contributed by atoms with van der Waals surface area (Å²) in [5.74, 6) is -1.87. The monoisotopic (exact) mass is 311 g/mol. The molecule has 3 rings (SSSR count). The molecule has 0 bridgehead atoms. The predicted molar refractivity (Wildman–Crippen MR) is 75.0 cm³/mol. The number of carbonyl (C=O) groups excluding carboxylic acids is 1. The zero-order valence-corrected chi connectivity index (χ0v) is 11.7. The van der Waals surface area contributed by atoms with Gasteiger partial charge in [-0.15, -0.1) is 11.3 Å². The average Bonchev–Trinajstić information content (AvgIpc) is 3.01. The highest BCUT2D eigenvalue weighted by molar-refractivity contribution is 7.15. The molecule has 1 atom stereocenters. The molecule has 21 heavy (non-hydrogen) atoms. The standard InChI is InChI=1S/C15H12F3NOS/c16-15(17,18)14(20)19-11-7-6-10-8-12(21-13(10)11)9-4-2-1-3-5-9/h1-5,8,11H,6-7H2,(H,19,20). The van der Waals surface area contributed by atoms with Gasteiger partial charge in [-0.05, 0) is 30.0 Å². The van der Waals surface area contributed by atoms with Crippen LogP contribution in [0.5, 0.6) is 0 Å². The van der Waals surface area contributed by atoms with Gasteiger partial charge in [-0.2, -0.15) is 13.2 Å². The Morgan fingerprint density at radius 3 is 2.62 bits per heavy atom. The maximum Gasteiger partial charge on any atom is 0.471 e. The molecule has 2 aromatic rings. The molecule has 0 fully saturated rings. The zero-order chi connectivity index (χ0) is 15.0. The number of amides is 1. The lowest BCUT2D eigenvalue weighted by molar-refractivity contribution is -0.174. The van der Waals surface area contributed by atoms with Crippen LogP contribution in [0.3, 0.4) is 0 Å². The van der Waals surface area contributed by atoms with Crippen LogP contribution in [0.2, 0.25) is 0 Å². The van der Waals surface area contributed by atoms with E-state index in [-0.39, 0.29) is 0 Å². The minimum Gasteiger partial charge on any atom is -0.341 e. The van der Waals surface area contributed by atoms with E-state index < -0.39 is 18.1 Å². The van der Waals surface area contributed by atoms with Crippen LogP contribution in [0.1, 0.15) is 22.9 Å². The van der Waals surface area contributed by atoms with Crippen LogP contribution < -0.4 is 5.32 Å². The molecule has 1 aromatic carbocycles. The van der Waals surface area contributed by atoms with Gasteiger partial charge in [0.25, 0.3) is 0 Å². The SMILES string of the molecule is O=C(NC1CCc2cc(-c3ccccc3)sc21)C(F)(F)F. The van der Waals surface area contributed by atoms with Crippen LogP contribution in [-0.2, 0) is 11.2 Å². The molecule has 1 aliphatic rings. The molecule has 1 N–H and O–H groups in total. The third-order valence-corrected chi connectivity index (χ3v) is 4.82. The van der Waals surface area contributed by atoms with Crippen molar-refractivity contribution in [1.82, 2.24) is 5.32 Å². The number of rotatable bonds is 2. The van der Waals surface area contributed by atoms with E-state index >= 15 is 0 Å².